The van der Waals surface area contributed by atoms with Gasteiger partial charge in [0.05, 0.1) is 5.92 Å². The highest BCUT2D eigenvalue weighted by atomic mass is 32.2. The average Bonchev–Trinajstić information content (AvgIpc) is 2.40. The van der Waals surface area contributed by atoms with Gasteiger partial charge in [-0.15, -0.1) is 0 Å². The van der Waals surface area contributed by atoms with Crippen molar-refractivity contribution in [3.63, 3.8) is 0 Å². The van der Waals surface area contributed by atoms with Crippen LogP contribution in [0.15, 0.2) is 64.4 Å². The quantitative estimate of drug-likeness (QED) is 0.899. The van der Waals surface area contributed by atoms with E-state index in [1.807, 2.05) is 42.5 Å². The number of hydrogen-bond donors (Lipinski definition) is 1. The van der Waals surface area contributed by atoms with E-state index < -0.39 is 11.9 Å². The summed E-state index contributed by atoms with van der Waals surface area (Å²) in [4.78, 5) is 13.2. The van der Waals surface area contributed by atoms with Crippen molar-refractivity contribution in [1.29, 1.82) is 0 Å². The van der Waals surface area contributed by atoms with E-state index in [0.717, 1.165) is 10.5 Å². The largest absolute Gasteiger partial charge is 0.481 e. The zero-order valence-corrected chi connectivity index (χ0v) is 10.9. The molecule has 1 N–H and O–H groups in total. The summed E-state index contributed by atoms with van der Waals surface area (Å²) in [6.45, 7) is 1.70. The lowest BCUT2D eigenvalue weighted by molar-refractivity contribution is -0.138. The van der Waals surface area contributed by atoms with E-state index in [9.17, 15) is 4.79 Å². The Bertz CT molecular complexity index is 520. The van der Waals surface area contributed by atoms with Gasteiger partial charge in [-0.05, 0) is 36.8 Å². The van der Waals surface area contributed by atoms with Gasteiger partial charge in [0.2, 0.25) is 0 Å². The third-order valence-corrected chi connectivity index (χ3v) is 3.75. The van der Waals surface area contributed by atoms with Crippen molar-refractivity contribution in [3.05, 3.63) is 60.2 Å². The normalized spacial score (nSPS) is 12.1. The van der Waals surface area contributed by atoms with Gasteiger partial charge in [-0.25, -0.2) is 0 Å². The third-order valence-electron chi connectivity index (χ3n) is 2.73. The van der Waals surface area contributed by atoms with E-state index in [1.165, 1.54) is 4.90 Å². The number of aliphatic carboxylic acids is 1. The van der Waals surface area contributed by atoms with Crippen LogP contribution in [0.3, 0.4) is 0 Å². The van der Waals surface area contributed by atoms with Crippen LogP contribution in [0.1, 0.15) is 18.4 Å². The molecule has 18 heavy (non-hydrogen) atoms. The van der Waals surface area contributed by atoms with Crippen molar-refractivity contribution in [2.24, 2.45) is 0 Å². The number of hydrogen-bond acceptors (Lipinski definition) is 2. The van der Waals surface area contributed by atoms with Gasteiger partial charge in [-0.1, -0.05) is 42.1 Å². The van der Waals surface area contributed by atoms with Gasteiger partial charge in [-0.2, -0.15) is 0 Å². The first-order valence-corrected chi connectivity index (χ1v) is 6.54. The number of carboxylic acid groups (broad SMARTS) is 1. The molecule has 3 heteroatoms. The molecule has 0 saturated carbocycles. The van der Waals surface area contributed by atoms with Gasteiger partial charge in [0.15, 0.2) is 0 Å². The van der Waals surface area contributed by atoms with Crippen LogP contribution in [0.4, 0.5) is 0 Å². The Labute approximate surface area is 111 Å². The van der Waals surface area contributed by atoms with Crippen LogP contribution in [0.2, 0.25) is 0 Å². The van der Waals surface area contributed by atoms with Crippen LogP contribution in [0.5, 0.6) is 0 Å². The third kappa shape index (κ3) is 3.14. The fourth-order valence-electron chi connectivity index (χ4n) is 1.59. The Kier molecular flexibility index (Phi) is 4.05. The fraction of sp³-hybridized carbons (Fsp3) is 0.133. The van der Waals surface area contributed by atoms with Gasteiger partial charge in [0.1, 0.15) is 0 Å². The summed E-state index contributed by atoms with van der Waals surface area (Å²) in [6, 6.07) is 17.8. The Hall–Kier alpha value is -1.74. The Morgan fingerprint density at radius 1 is 1.00 bits per heavy atom. The zero-order chi connectivity index (χ0) is 13.0. The molecule has 0 amide bonds. The summed E-state index contributed by atoms with van der Waals surface area (Å²) in [7, 11) is 0. The molecule has 0 heterocycles. The molecular weight excluding hydrogens is 244 g/mol. The summed E-state index contributed by atoms with van der Waals surface area (Å²) in [6.07, 6.45) is 0. The minimum Gasteiger partial charge on any atom is -0.481 e. The predicted molar refractivity (Wildman–Crippen MR) is 73.1 cm³/mol. The van der Waals surface area contributed by atoms with Crippen LogP contribution in [0, 0.1) is 0 Å². The Morgan fingerprint density at radius 3 is 2.11 bits per heavy atom. The first-order valence-electron chi connectivity index (χ1n) is 5.72. The van der Waals surface area contributed by atoms with Gasteiger partial charge in [-0.3, -0.25) is 4.79 Å². The van der Waals surface area contributed by atoms with Crippen LogP contribution in [-0.4, -0.2) is 11.1 Å². The highest BCUT2D eigenvalue weighted by Crippen LogP contribution is 2.28. The molecule has 2 aromatic carbocycles. The fourth-order valence-corrected chi connectivity index (χ4v) is 2.43. The number of rotatable bonds is 4. The first-order chi connectivity index (χ1) is 8.66. The number of benzene rings is 2. The summed E-state index contributed by atoms with van der Waals surface area (Å²) in [5.74, 6) is -1.25. The molecule has 1 atom stereocenters. The SMILES string of the molecule is CC(C(=O)O)c1ccc(Sc2ccccc2)cc1. The maximum atomic E-state index is 10.9. The zero-order valence-electron chi connectivity index (χ0n) is 10.0. The molecule has 0 bridgehead atoms. The van der Waals surface area contributed by atoms with Crippen molar-refractivity contribution in [3.8, 4) is 0 Å². The second-order valence-corrected chi connectivity index (χ2v) is 5.19. The lowest BCUT2D eigenvalue weighted by atomic mass is 10.0. The molecule has 0 aliphatic rings. The molecule has 0 aliphatic carbocycles. The Morgan fingerprint density at radius 2 is 1.56 bits per heavy atom. The van der Waals surface area contributed by atoms with Crippen molar-refractivity contribution in [2.45, 2.75) is 22.6 Å². The Balaban J connectivity index is 2.11. The second-order valence-electron chi connectivity index (χ2n) is 4.04. The molecule has 0 radical (unpaired) electrons. The van der Waals surface area contributed by atoms with E-state index in [2.05, 4.69) is 12.1 Å². The van der Waals surface area contributed by atoms with Gasteiger partial charge >= 0.3 is 5.97 Å². The van der Waals surface area contributed by atoms with Crippen molar-refractivity contribution < 1.29 is 9.90 Å². The summed E-state index contributed by atoms with van der Waals surface area (Å²) >= 11 is 1.67. The van der Waals surface area contributed by atoms with E-state index in [4.69, 9.17) is 5.11 Å². The highest BCUT2D eigenvalue weighted by molar-refractivity contribution is 7.99. The van der Waals surface area contributed by atoms with E-state index in [0.29, 0.717) is 0 Å². The lowest BCUT2D eigenvalue weighted by Crippen LogP contribution is -2.06. The monoisotopic (exact) mass is 258 g/mol. The minimum absolute atomic E-state index is 0.458. The topological polar surface area (TPSA) is 37.3 Å². The molecular formula is C15H14O2S. The summed E-state index contributed by atoms with van der Waals surface area (Å²) in [5, 5.41) is 8.93. The highest BCUT2D eigenvalue weighted by Gasteiger charge is 2.12. The molecule has 0 aromatic heterocycles. The molecule has 92 valence electrons. The van der Waals surface area contributed by atoms with E-state index in [1.54, 1.807) is 18.7 Å². The summed E-state index contributed by atoms with van der Waals surface area (Å²) in [5.41, 5.74) is 0.833. The predicted octanol–water partition coefficient (Wildman–Crippen LogP) is 4.03. The minimum atomic E-state index is -0.793. The second kappa shape index (κ2) is 5.74. The molecule has 2 aromatic rings. The van der Waals surface area contributed by atoms with Crippen molar-refractivity contribution in [1.82, 2.24) is 0 Å². The smallest absolute Gasteiger partial charge is 0.310 e. The maximum absolute atomic E-state index is 10.9. The van der Waals surface area contributed by atoms with Crippen LogP contribution in [0.25, 0.3) is 0 Å². The van der Waals surface area contributed by atoms with Crippen LogP contribution in [-0.2, 0) is 4.79 Å². The number of carbonyl (C=O) groups is 1. The first kappa shape index (κ1) is 12.7. The molecule has 1 unspecified atom stereocenters. The van der Waals surface area contributed by atoms with Crippen molar-refractivity contribution in [2.75, 3.05) is 0 Å². The molecule has 0 spiro atoms. The molecule has 0 saturated heterocycles. The van der Waals surface area contributed by atoms with Gasteiger partial charge in [0, 0.05) is 9.79 Å². The van der Waals surface area contributed by atoms with Crippen molar-refractivity contribution >= 4 is 17.7 Å². The molecule has 0 fully saturated rings. The molecule has 0 aliphatic heterocycles. The maximum Gasteiger partial charge on any atom is 0.310 e. The van der Waals surface area contributed by atoms with E-state index >= 15 is 0 Å². The van der Waals surface area contributed by atoms with Crippen LogP contribution >= 0.6 is 11.8 Å². The lowest BCUT2D eigenvalue weighted by Gasteiger charge is -2.07. The van der Waals surface area contributed by atoms with E-state index in [-0.39, 0.29) is 0 Å². The van der Waals surface area contributed by atoms with Gasteiger partial charge in [0.25, 0.3) is 0 Å². The molecule has 2 rings (SSSR count). The summed E-state index contributed by atoms with van der Waals surface area (Å²) < 4.78 is 0. The number of carboxylic acids is 1. The van der Waals surface area contributed by atoms with Crippen LogP contribution < -0.4 is 0 Å². The molecule has 2 nitrogen and oxygen atoms in total. The van der Waals surface area contributed by atoms with Gasteiger partial charge < -0.3 is 5.11 Å². The average molecular weight is 258 g/mol. The standard InChI is InChI=1S/C15H14O2S/c1-11(15(16)17)12-7-9-14(10-8-12)18-13-5-3-2-4-6-13/h2-11H,1H3,(H,16,17).